The van der Waals surface area contributed by atoms with Gasteiger partial charge < -0.3 is 10.6 Å². The van der Waals surface area contributed by atoms with Crippen LogP contribution in [0.3, 0.4) is 0 Å². The summed E-state index contributed by atoms with van der Waals surface area (Å²) in [7, 11) is 0. The van der Waals surface area contributed by atoms with E-state index in [9.17, 15) is 18.8 Å². The van der Waals surface area contributed by atoms with Crippen LogP contribution in [0.5, 0.6) is 0 Å². The molecule has 10 heteroatoms. The molecule has 4 N–H and O–H groups in total. The van der Waals surface area contributed by atoms with Gasteiger partial charge in [0.2, 0.25) is 11.8 Å². The van der Waals surface area contributed by atoms with E-state index in [2.05, 4.69) is 21.5 Å². The van der Waals surface area contributed by atoms with Gasteiger partial charge in [-0.05, 0) is 36.3 Å². The van der Waals surface area contributed by atoms with Gasteiger partial charge in [-0.2, -0.15) is 0 Å². The molecule has 0 aliphatic carbocycles. The third kappa shape index (κ3) is 5.99. The molecule has 4 amide bonds. The third-order valence-corrected chi connectivity index (χ3v) is 3.65. The second-order valence-corrected chi connectivity index (χ2v) is 5.70. The molecule has 0 aromatic heterocycles. The Morgan fingerprint density at radius 3 is 2.60 bits per heavy atom. The molecular formula is C15H18FN5O3S. The van der Waals surface area contributed by atoms with Crippen LogP contribution in [0, 0.1) is 5.82 Å². The zero-order valence-corrected chi connectivity index (χ0v) is 14.1. The molecule has 8 nitrogen and oxygen atoms in total. The van der Waals surface area contributed by atoms with Crippen molar-refractivity contribution in [2.24, 2.45) is 0 Å². The minimum Gasteiger partial charge on any atom is -0.357 e. The summed E-state index contributed by atoms with van der Waals surface area (Å²) in [6.07, 6.45) is 0.479. The fourth-order valence-electron chi connectivity index (χ4n) is 2.10. The largest absolute Gasteiger partial charge is 0.357 e. The SMILES string of the molecule is O=C(CCCN1C(=O)CNC1=O)NNC(=S)NCc1ccc(F)cc1. The maximum absolute atomic E-state index is 12.8. The van der Waals surface area contributed by atoms with Crippen molar-refractivity contribution in [1.82, 2.24) is 26.4 Å². The number of nitrogens with zero attached hydrogens (tertiary/aromatic N) is 1. The van der Waals surface area contributed by atoms with Gasteiger partial charge in [0.25, 0.3) is 0 Å². The molecule has 1 aromatic carbocycles. The van der Waals surface area contributed by atoms with Gasteiger partial charge in [-0.3, -0.25) is 25.3 Å². The highest BCUT2D eigenvalue weighted by Gasteiger charge is 2.27. The number of benzene rings is 1. The van der Waals surface area contributed by atoms with Gasteiger partial charge in [-0.15, -0.1) is 0 Å². The summed E-state index contributed by atoms with van der Waals surface area (Å²) >= 11 is 5.01. The van der Waals surface area contributed by atoms with E-state index < -0.39 is 6.03 Å². The number of carbonyl (C=O) groups excluding carboxylic acids is 3. The van der Waals surface area contributed by atoms with E-state index in [1.165, 1.54) is 12.1 Å². The lowest BCUT2D eigenvalue weighted by Crippen LogP contribution is -2.46. The quantitative estimate of drug-likeness (QED) is 0.324. The number of thiocarbonyl (C=S) groups is 1. The fraction of sp³-hybridized carbons (Fsp3) is 0.333. The molecule has 0 saturated carbocycles. The van der Waals surface area contributed by atoms with E-state index >= 15 is 0 Å². The van der Waals surface area contributed by atoms with Gasteiger partial charge in [0.1, 0.15) is 5.82 Å². The highest BCUT2D eigenvalue weighted by atomic mass is 32.1. The summed E-state index contributed by atoms with van der Waals surface area (Å²) in [6.45, 7) is 0.570. The number of nitrogens with one attached hydrogen (secondary N) is 4. The van der Waals surface area contributed by atoms with Crippen LogP contribution in [-0.2, 0) is 16.1 Å². The maximum Gasteiger partial charge on any atom is 0.324 e. The van der Waals surface area contributed by atoms with Crippen LogP contribution in [0.2, 0.25) is 0 Å². The Morgan fingerprint density at radius 2 is 1.96 bits per heavy atom. The van der Waals surface area contributed by atoms with Crippen molar-refractivity contribution >= 4 is 35.2 Å². The van der Waals surface area contributed by atoms with Crippen LogP contribution in [0.25, 0.3) is 0 Å². The van der Waals surface area contributed by atoms with Gasteiger partial charge in [0.05, 0.1) is 6.54 Å². The smallest absolute Gasteiger partial charge is 0.324 e. The van der Waals surface area contributed by atoms with Crippen LogP contribution in [0.15, 0.2) is 24.3 Å². The molecular weight excluding hydrogens is 349 g/mol. The molecule has 1 saturated heterocycles. The van der Waals surface area contributed by atoms with E-state index in [0.29, 0.717) is 13.0 Å². The molecule has 0 spiro atoms. The lowest BCUT2D eigenvalue weighted by atomic mass is 10.2. The van der Waals surface area contributed by atoms with E-state index in [0.717, 1.165) is 10.5 Å². The average Bonchev–Trinajstić information content (AvgIpc) is 2.91. The van der Waals surface area contributed by atoms with E-state index in [4.69, 9.17) is 12.2 Å². The minimum atomic E-state index is -0.435. The van der Waals surface area contributed by atoms with Gasteiger partial charge in [-0.1, -0.05) is 12.1 Å². The number of amides is 4. The fourth-order valence-corrected chi connectivity index (χ4v) is 2.22. The summed E-state index contributed by atoms with van der Waals surface area (Å²) in [4.78, 5) is 35.5. The van der Waals surface area contributed by atoms with Gasteiger partial charge in [-0.25, -0.2) is 9.18 Å². The number of hydrazine groups is 1. The van der Waals surface area contributed by atoms with Crippen molar-refractivity contribution in [1.29, 1.82) is 0 Å². The van der Waals surface area contributed by atoms with Crippen molar-refractivity contribution in [3.8, 4) is 0 Å². The number of imide groups is 1. The van der Waals surface area contributed by atoms with Crippen molar-refractivity contribution in [3.05, 3.63) is 35.6 Å². The van der Waals surface area contributed by atoms with Crippen LogP contribution >= 0.6 is 12.2 Å². The Labute approximate surface area is 149 Å². The maximum atomic E-state index is 12.8. The van der Waals surface area contributed by atoms with Gasteiger partial charge in [0, 0.05) is 19.5 Å². The van der Waals surface area contributed by atoms with Gasteiger partial charge >= 0.3 is 6.03 Å². The van der Waals surface area contributed by atoms with E-state index in [1.54, 1.807) is 12.1 Å². The predicted octanol–water partition coefficient (Wildman–Crippen LogP) is 0.153. The first-order valence-electron chi connectivity index (χ1n) is 7.61. The molecule has 0 bridgehead atoms. The molecule has 1 aromatic rings. The molecule has 1 heterocycles. The Balaban J connectivity index is 1.59. The standard InChI is InChI=1S/C15H18FN5O3S/c16-11-5-3-10(4-6-11)8-17-14(25)20-19-12(22)2-1-7-21-13(23)9-18-15(21)24/h3-6H,1-2,7-9H2,(H,18,24)(H,19,22)(H2,17,20,25). The lowest BCUT2D eigenvalue weighted by molar-refractivity contribution is -0.126. The summed E-state index contributed by atoms with van der Waals surface area (Å²) in [5.74, 6) is -0.933. The summed E-state index contributed by atoms with van der Waals surface area (Å²) in [6, 6.07) is 5.51. The number of carbonyl (C=O) groups is 3. The number of hydrogen-bond acceptors (Lipinski definition) is 4. The highest BCUT2D eigenvalue weighted by Crippen LogP contribution is 2.02. The van der Waals surface area contributed by atoms with Crippen molar-refractivity contribution in [2.45, 2.75) is 19.4 Å². The zero-order chi connectivity index (χ0) is 18.2. The van der Waals surface area contributed by atoms with Gasteiger partial charge in [0.15, 0.2) is 5.11 Å². The topological polar surface area (TPSA) is 103 Å². The Morgan fingerprint density at radius 1 is 1.24 bits per heavy atom. The van der Waals surface area contributed by atoms with Crippen LogP contribution in [0.1, 0.15) is 18.4 Å². The summed E-state index contributed by atoms with van der Waals surface area (Å²) in [5, 5.41) is 5.48. The Kier molecular flexibility index (Phi) is 6.63. The third-order valence-electron chi connectivity index (χ3n) is 3.40. The molecule has 25 heavy (non-hydrogen) atoms. The van der Waals surface area contributed by atoms with Crippen molar-refractivity contribution in [2.75, 3.05) is 13.1 Å². The van der Waals surface area contributed by atoms with E-state index in [1.807, 2.05) is 0 Å². The van der Waals surface area contributed by atoms with Crippen molar-refractivity contribution in [3.63, 3.8) is 0 Å². The molecule has 0 radical (unpaired) electrons. The molecule has 1 aliphatic heterocycles. The molecule has 0 atom stereocenters. The number of halogens is 1. The number of urea groups is 1. The second-order valence-electron chi connectivity index (χ2n) is 5.29. The predicted molar refractivity (Wildman–Crippen MR) is 91.5 cm³/mol. The van der Waals surface area contributed by atoms with E-state index in [-0.39, 0.29) is 42.3 Å². The molecule has 0 unspecified atom stereocenters. The van der Waals surface area contributed by atoms with Crippen LogP contribution < -0.4 is 21.5 Å². The normalized spacial score (nSPS) is 13.4. The molecule has 2 rings (SSSR count). The lowest BCUT2D eigenvalue weighted by Gasteiger charge is -2.13. The molecule has 1 fully saturated rings. The Hall–Kier alpha value is -2.75. The first-order valence-corrected chi connectivity index (χ1v) is 8.02. The molecule has 134 valence electrons. The van der Waals surface area contributed by atoms with Crippen molar-refractivity contribution < 1.29 is 18.8 Å². The van der Waals surface area contributed by atoms with Crippen LogP contribution in [0.4, 0.5) is 9.18 Å². The number of rotatable bonds is 6. The second kappa shape index (κ2) is 8.92. The minimum absolute atomic E-state index is 0.000576. The monoisotopic (exact) mass is 367 g/mol. The first kappa shape index (κ1) is 18.6. The zero-order valence-electron chi connectivity index (χ0n) is 13.3. The summed E-state index contributed by atoms with van der Waals surface area (Å²) < 4.78 is 12.8. The average molecular weight is 367 g/mol. The van der Waals surface area contributed by atoms with Crippen LogP contribution in [-0.4, -0.2) is 40.9 Å². The molecule has 1 aliphatic rings. The Bertz CT molecular complexity index is 652. The highest BCUT2D eigenvalue weighted by molar-refractivity contribution is 7.80. The number of hydrogen-bond donors (Lipinski definition) is 4. The summed E-state index contributed by atoms with van der Waals surface area (Å²) in [5.41, 5.74) is 5.80. The first-order chi connectivity index (χ1) is 12.0.